The molecule has 0 saturated carbocycles. The van der Waals surface area contributed by atoms with E-state index in [1.165, 1.54) is 28.3 Å². The van der Waals surface area contributed by atoms with Crippen LogP contribution in [0.3, 0.4) is 0 Å². The van der Waals surface area contributed by atoms with E-state index < -0.39 is 0 Å². The third kappa shape index (κ3) is 5.64. The Balaban J connectivity index is 2.01. The molecular formula is C21H26N2O5. The van der Waals surface area contributed by atoms with Gasteiger partial charge < -0.3 is 24.4 Å². The average Bonchev–Trinajstić information content (AvgIpc) is 2.70. The van der Waals surface area contributed by atoms with Crippen molar-refractivity contribution in [2.45, 2.75) is 19.9 Å². The molecule has 0 spiro atoms. The van der Waals surface area contributed by atoms with E-state index in [2.05, 4.69) is 5.32 Å². The van der Waals surface area contributed by atoms with Crippen molar-refractivity contribution < 1.29 is 23.8 Å². The topological polar surface area (TPSA) is 77.1 Å². The van der Waals surface area contributed by atoms with E-state index in [-0.39, 0.29) is 18.2 Å². The third-order valence-corrected chi connectivity index (χ3v) is 4.22. The highest BCUT2D eigenvalue weighted by Crippen LogP contribution is 2.39. The summed E-state index contributed by atoms with van der Waals surface area (Å²) in [5.41, 5.74) is 1.54. The predicted octanol–water partition coefficient (Wildman–Crippen LogP) is 3.09. The van der Waals surface area contributed by atoms with E-state index in [1.807, 2.05) is 30.3 Å². The molecule has 1 N–H and O–H groups in total. The summed E-state index contributed by atoms with van der Waals surface area (Å²) in [6.45, 7) is 2.29. The van der Waals surface area contributed by atoms with Crippen LogP contribution in [0.5, 0.6) is 17.2 Å². The Bertz CT molecular complexity index is 783. The van der Waals surface area contributed by atoms with Crippen LogP contribution in [0.15, 0.2) is 42.5 Å². The van der Waals surface area contributed by atoms with Crippen molar-refractivity contribution in [3.05, 3.63) is 48.0 Å². The SMILES string of the molecule is COc1cc(NC(=O)CCN(Cc2ccccc2)C(C)=O)cc(OC)c1OC. The number of hydrogen-bond acceptors (Lipinski definition) is 5. The molecule has 150 valence electrons. The van der Waals surface area contributed by atoms with Crippen LogP contribution in [-0.2, 0) is 16.1 Å². The molecule has 0 saturated heterocycles. The summed E-state index contributed by atoms with van der Waals surface area (Å²) in [5.74, 6) is 1.06. The maximum atomic E-state index is 12.4. The zero-order valence-electron chi connectivity index (χ0n) is 16.7. The first kappa shape index (κ1) is 21.1. The Hall–Kier alpha value is -3.22. The summed E-state index contributed by atoms with van der Waals surface area (Å²) in [7, 11) is 4.54. The number of nitrogens with zero attached hydrogens (tertiary/aromatic N) is 1. The summed E-state index contributed by atoms with van der Waals surface area (Å²) in [5, 5.41) is 2.81. The minimum Gasteiger partial charge on any atom is -0.493 e. The molecule has 0 radical (unpaired) electrons. The molecule has 2 aromatic carbocycles. The van der Waals surface area contributed by atoms with Gasteiger partial charge in [0.1, 0.15) is 0 Å². The number of nitrogens with one attached hydrogen (secondary N) is 1. The van der Waals surface area contributed by atoms with Crippen LogP contribution in [0.25, 0.3) is 0 Å². The van der Waals surface area contributed by atoms with Gasteiger partial charge in [-0.15, -0.1) is 0 Å². The van der Waals surface area contributed by atoms with Crippen LogP contribution in [0, 0.1) is 0 Å². The van der Waals surface area contributed by atoms with Gasteiger partial charge in [0.25, 0.3) is 0 Å². The summed E-state index contributed by atoms with van der Waals surface area (Å²) in [4.78, 5) is 25.9. The summed E-state index contributed by atoms with van der Waals surface area (Å²) in [6.07, 6.45) is 0.170. The lowest BCUT2D eigenvalue weighted by atomic mass is 10.2. The van der Waals surface area contributed by atoms with Crippen LogP contribution in [0.1, 0.15) is 18.9 Å². The molecular weight excluding hydrogens is 360 g/mol. The van der Waals surface area contributed by atoms with Crippen LogP contribution >= 0.6 is 0 Å². The molecule has 0 fully saturated rings. The summed E-state index contributed by atoms with van der Waals surface area (Å²) >= 11 is 0. The number of amides is 2. The fraction of sp³-hybridized carbons (Fsp3) is 0.333. The molecule has 0 aromatic heterocycles. The lowest BCUT2D eigenvalue weighted by Gasteiger charge is -2.21. The van der Waals surface area contributed by atoms with Gasteiger partial charge in [-0.05, 0) is 5.56 Å². The Morgan fingerprint density at radius 2 is 1.57 bits per heavy atom. The van der Waals surface area contributed by atoms with Crippen molar-refractivity contribution in [1.82, 2.24) is 4.90 Å². The van der Waals surface area contributed by atoms with Gasteiger partial charge >= 0.3 is 0 Å². The number of hydrogen-bond donors (Lipinski definition) is 1. The molecule has 2 rings (SSSR count). The second-order valence-corrected chi connectivity index (χ2v) is 6.14. The van der Waals surface area contributed by atoms with Crippen LogP contribution in [0.4, 0.5) is 5.69 Å². The molecule has 28 heavy (non-hydrogen) atoms. The molecule has 2 amide bonds. The van der Waals surface area contributed by atoms with Gasteiger partial charge in [-0.2, -0.15) is 0 Å². The number of anilines is 1. The fourth-order valence-corrected chi connectivity index (χ4v) is 2.76. The molecule has 0 heterocycles. The highest BCUT2D eigenvalue weighted by molar-refractivity contribution is 5.92. The Kier molecular flexibility index (Phi) is 7.68. The lowest BCUT2D eigenvalue weighted by molar-refractivity contribution is -0.129. The maximum Gasteiger partial charge on any atom is 0.226 e. The van der Waals surface area contributed by atoms with E-state index in [1.54, 1.807) is 17.0 Å². The molecule has 7 nitrogen and oxygen atoms in total. The maximum absolute atomic E-state index is 12.4. The van der Waals surface area contributed by atoms with Gasteiger partial charge in [0.05, 0.1) is 21.3 Å². The van der Waals surface area contributed by atoms with Crippen LogP contribution in [-0.4, -0.2) is 44.6 Å². The standard InChI is InChI=1S/C21H26N2O5/c1-15(24)23(14-16-8-6-5-7-9-16)11-10-20(25)22-17-12-18(26-2)21(28-4)19(13-17)27-3/h5-9,12-13H,10-11,14H2,1-4H3,(H,22,25). The number of rotatable bonds is 9. The highest BCUT2D eigenvalue weighted by Gasteiger charge is 2.16. The lowest BCUT2D eigenvalue weighted by Crippen LogP contribution is -2.31. The molecule has 0 bridgehead atoms. The molecule has 0 unspecified atom stereocenters. The largest absolute Gasteiger partial charge is 0.493 e. The van der Waals surface area contributed by atoms with Crippen LogP contribution in [0.2, 0.25) is 0 Å². The van der Waals surface area contributed by atoms with E-state index in [0.29, 0.717) is 36.0 Å². The molecule has 7 heteroatoms. The van der Waals surface area contributed by atoms with Gasteiger partial charge in [0.15, 0.2) is 11.5 Å². The third-order valence-electron chi connectivity index (χ3n) is 4.22. The minimum absolute atomic E-state index is 0.0792. The van der Waals surface area contributed by atoms with E-state index >= 15 is 0 Å². The minimum atomic E-state index is -0.214. The predicted molar refractivity (Wildman–Crippen MR) is 107 cm³/mol. The number of benzene rings is 2. The van der Waals surface area contributed by atoms with Crippen molar-refractivity contribution in [2.75, 3.05) is 33.2 Å². The zero-order valence-corrected chi connectivity index (χ0v) is 16.7. The monoisotopic (exact) mass is 386 g/mol. The number of carbonyl (C=O) groups is 2. The molecule has 0 aliphatic heterocycles. The first-order valence-electron chi connectivity index (χ1n) is 8.87. The van der Waals surface area contributed by atoms with Crippen LogP contribution < -0.4 is 19.5 Å². The molecule has 0 aliphatic carbocycles. The summed E-state index contributed by atoms with van der Waals surface area (Å²) < 4.78 is 15.8. The van der Waals surface area contributed by atoms with Gasteiger partial charge in [-0.25, -0.2) is 0 Å². The fourth-order valence-electron chi connectivity index (χ4n) is 2.76. The Labute approximate surface area is 165 Å². The van der Waals surface area contributed by atoms with Crippen molar-refractivity contribution in [2.24, 2.45) is 0 Å². The summed E-state index contributed by atoms with van der Waals surface area (Å²) in [6, 6.07) is 13.0. The molecule has 0 aliphatic rings. The van der Waals surface area contributed by atoms with Crippen molar-refractivity contribution in [3.8, 4) is 17.2 Å². The average molecular weight is 386 g/mol. The molecule has 2 aromatic rings. The van der Waals surface area contributed by atoms with Gasteiger partial charge in [-0.3, -0.25) is 9.59 Å². The quantitative estimate of drug-likeness (QED) is 0.717. The van der Waals surface area contributed by atoms with Gasteiger partial charge in [-0.1, -0.05) is 30.3 Å². The number of methoxy groups -OCH3 is 3. The zero-order chi connectivity index (χ0) is 20.5. The Morgan fingerprint density at radius 1 is 0.964 bits per heavy atom. The van der Waals surface area contributed by atoms with Crippen molar-refractivity contribution >= 4 is 17.5 Å². The van der Waals surface area contributed by atoms with Crippen molar-refractivity contribution in [1.29, 1.82) is 0 Å². The normalized spacial score (nSPS) is 10.1. The Morgan fingerprint density at radius 3 is 2.07 bits per heavy atom. The second kappa shape index (κ2) is 10.2. The highest BCUT2D eigenvalue weighted by atomic mass is 16.5. The van der Waals surface area contributed by atoms with Gasteiger partial charge in [0, 0.05) is 44.3 Å². The van der Waals surface area contributed by atoms with Gasteiger partial charge in [0.2, 0.25) is 17.6 Å². The molecule has 0 atom stereocenters. The first-order valence-corrected chi connectivity index (χ1v) is 8.87. The number of ether oxygens (including phenoxy) is 3. The number of carbonyl (C=O) groups excluding carboxylic acids is 2. The van der Waals surface area contributed by atoms with E-state index in [0.717, 1.165) is 5.56 Å². The van der Waals surface area contributed by atoms with E-state index in [4.69, 9.17) is 14.2 Å². The van der Waals surface area contributed by atoms with E-state index in [9.17, 15) is 9.59 Å². The first-order chi connectivity index (χ1) is 13.5. The second-order valence-electron chi connectivity index (χ2n) is 6.14. The smallest absolute Gasteiger partial charge is 0.226 e. The van der Waals surface area contributed by atoms with Crippen molar-refractivity contribution in [3.63, 3.8) is 0 Å².